The van der Waals surface area contributed by atoms with Gasteiger partial charge in [0.25, 0.3) is 0 Å². The van der Waals surface area contributed by atoms with E-state index in [4.69, 9.17) is 5.73 Å². The molecule has 0 radical (unpaired) electrons. The third-order valence-electron chi connectivity index (χ3n) is 2.98. The van der Waals surface area contributed by atoms with Crippen molar-refractivity contribution in [2.45, 2.75) is 23.7 Å². The zero-order chi connectivity index (χ0) is 17.1. The number of hydrogen-bond donors (Lipinski definition) is 2. The third kappa shape index (κ3) is 5.05. The van der Waals surface area contributed by atoms with E-state index < -0.39 is 28.8 Å². The molecule has 10 heteroatoms. The molecular weight excluding hydrogens is 333 g/mol. The number of aromatic nitrogens is 2. The smallest absolute Gasteiger partial charge is 0.323 e. The Morgan fingerprint density at radius 2 is 1.91 bits per heavy atom. The summed E-state index contributed by atoms with van der Waals surface area (Å²) < 4.78 is 63.6. The zero-order valence-electron chi connectivity index (χ0n) is 11.9. The van der Waals surface area contributed by atoms with Gasteiger partial charge in [0.2, 0.25) is 10.0 Å². The van der Waals surface area contributed by atoms with Gasteiger partial charge in [0.05, 0.1) is 6.20 Å². The van der Waals surface area contributed by atoms with Crippen LogP contribution >= 0.6 is 0 Å². The van der Waals surface area contributed by atoms with Crippen LogP contribution < -0.4 is 10.5 Å². The second-order valence-corrected chi connectivity index (χ2v) is 6.62. The van der Waals surface area contributed by atoms with Gasteiger partial charge in [0, 0.05) is 18.8 Å². The first-order chi connectivity index (χ1) is 10.7. The molecule has 2 aromatic rings. The molecule has 2 rings (SSSR count). The molecule has 0 spiro atoms. The Bertz CT molecular complexity index is 744. The maximum atomic E-state index is 12.2. The summed E-state index contributed by atoms with van der Waals surface area (Å²) >= 11 is 0. The molecule has 126 valence electrons. The molecule has 0 aliphatic carbocycles. The molecule has 1 aromatic carbocycles. The maximum absolute atomic E-state index is 12.2. The van der Waals surface area contributed by atoms with Crippen LogP contribution in [0.1, 0.15) is 11.6 Å². The number of alkyl halides is 3. The number of nitrogens with one attached hydrogen (secondary N) is 1. The molecule has 0 saturated carbocycles. The minimum Gasteiger partial charge on any atom is -0.323 e. The van der Waals surface area contributed by atoms with E-state index in [2.05, 4.69) is 9.82 Å². The fourth-order valence-electron chi connectivity index (χ4n) is 1.85. The molecule has 0 fully saturated rings. The van der Waals surface area contributed by atoms with Crippen LogP contribution in [0.5, 0.6) is 0 Å². The summed E-state index contributed by atoms with van der Waals surface area (Å²) in [6, 6.07) is 8.27. The third-order valence-corrected chi connectivity index (χ3v) is 4.36. The number of halogens is 3. The molecule has 1 atom stereocenters. The Hall–Kier alpha value is -1.91. The van der Waals surface area contributed by atoms with Crippen LogP contribution in [-0.4, -0.2) is 30.9 Å². The summed E-state index contributed by atoms with van der Waals surface area (Å²) in [4.78, 5) is -0.345. The van der Waals surface area contributed by atoms with Crippen LogP contribution in [0.25, 0.3) is 0 Å². The quantitative estimate of drug-likeness (QED) is 0.826. The van der Waals surface area contributed by atoms with E-state index in [-0.39, 0.29) is 11.4 Å². The Labute approximate surface area is 131 Å². The number of nitrogens with zero attached hydrogens (tertiary/aromatic N) is 2. The van der Waals surface area contributed by atoms with Crippen LogP contribution in [0.2, 0.25) is 0 Å². The summed E-state index contributed by atoms with van der Waals surface area (Å²) in [5.41, 5.74) is 6.61. The van der Waals surface area contributed by atoms with Crippen molar-refractivity contribution in [2.75, 3.05) is 6.54 Å². The van der Waals surface area contributed by atoms with E-state index in [1.54, 1.807) is 30.3 Å². The van der Waals surface area contributed by atoms with E-state index in [0.29, 0.717) is 4.68 Å². The summed E-state index contributed by atoms with van der Waals surface area (Å²) in [6.45, 7) is -1.44. The van der Waals surface area contributed by atoms with Crippen LogP contribution in [0.15, 0.2) is 47.6 Å². The summed E-state index contributed by atoms with van der Waals surface area (Å²) in [7, 11) is -3.98. The predicted molar refractivity (Wildman–Crippen MR) is 76.8 cm³/mol. The van der Waals surface area contributed by atoms with Gasteiger partial charge in [-0.2, -0.15) is 18.3 Å². The van der Waals surface area contributed by atoms with Gasteiger partial charge in [-0.05, 0) is 5.56 Å². The summed E-state index contributed by atoms with van der Waals surface area (Å²) in [5, 5.41) is 3.40. The first-order valence-electron chi connectivity index (χ1n) is 6.57. The first kappa shape index (κ1) is 17.4. The van der Waals surface area contributed by atoms with Crippen molar-refractivity contribution in [3.8, 4) is 0 Å². The average Bonchev–Trinajstić information content (AvgIpc) is 2.93. The summed E-state index contributed by atoms with van der Waals surface area (Å²) in [6.07, 6.45) is -2.79. The van der Waals surface area contributed by atoms with Gasteiger partial charge in [-0.15, -0.1) is 0 Å². The molecule has 0 amide bonds. The van der Waals surface area contributed by atoms with Crippen molar-refractivity contribution < 1.29 is 21.6 Å². The zero-order valence-corrected chi connectivity index (χ0v) is 12.7. The Morgan fingerprint density at radius 3 is 2.52 bits per heavy atom. The number of hydrogen-bond acceptors (Lipinski definition) is 4. The van der Waals surface area contributed by atoms with Crippen molar-refractivity contribution in [1.82, 2.24) is 14.5 Å². The fourth-order valence-corrected chi connectivity index (χ4v) is 2.87. The Morgan fingerprint density at radius 1 is 1.26 bits per heavy atom. The molecular formula is C13H15F3N4O2S. The van der Waals surface area contributed by atoms with Gasteiger partial charge in [-0.25, -0.2) is 13.1 Å². The normalized spacial score (nSPS) is 13.9. The van der Waals surface area contributed by atoms with E-state index >= 15 is 0 Å². The molecule has 0 bridgehead atoms. The molecule has 1 heterocycles. The van der Waals surface area contributed by atoms with Crippen LogP contribution in [-0.2, 0) is 16.6 Å². The molecule has 1 unspecified atom stereocenters. The van der Waals surface area contributed by atoms with Gasteiger partial charge < -0.3 is 5.73 Å². The molecule has 0 saturated heterocycles. The maximum Gasteiger partial charge on any atom is 0.408 e. The topological polar surface area (TPSA) is 90.0 Å². The van der Waals surface area contributed by atoms with E-state index in [1.165, 1.54) is 0 Å². The van der Waals surface area contributed by atoms with E-state index in [1.807, 2.05) is 0 Å². The largest absolute Gasteiger partial charge is 0.408 e. The fraction of sp³-hybridized carbons (Fsp3) is 0.308. The van der Waals surface area contributed by atoms with E-state index in [9.17, 15) is 21.6 Å². The molecule has 3 N–H and O–H groups in total. The van der Waals surface area contributed by atoms with E-state index in [0.717, 1.165) is 18.0 Å². The second kappa shape index (κ2) is 6.69. The molecule has 6 nitrogen and oxygen atoms in total. The lowest BCUT2D eigenvalue weighted by atomic mass is 10.1. The van der Waals surface area contributed by atoms with Crippen molar-refractivity contribution >= 4 is 10.0 Å². The molecule has 0 aliphatic rings. The van der Waals surface area contributed by atoms with Crippen molar-refractivity contribution in [3.05, 3.63) is 48.3 Å². The lowest BCUT2D eigenvalue weighted by molar-refractivity contribution is -0.142. The van der Waals surface area contributed by atoms with Crippen LogP contribution in [0, 0.1) is 0 Å². The number of benzene rings is 1. The van der Waals surface area contributed by atoms with Gasteiger partial charge >= 0.3 is 6.18 Å². The number of sulfonamides is 1. The van der Waals surface area contributed by atoms with Gasteiger partial charge in [-0.3, -0.25) is 4.68 Å². The Kier molecular flexibility index (Phi) is 5.07. The highest BCUT2D eigenvalue weighted by molar-refractivity contribution is 7.89. The average molecular weight is 348 g/mol. The highest BCUT2D eigenvalue weighted by atomic mass is 32.2. The summed E-state index contributed by atoms with van der Waals surface area (Å²) in [5.74, 6) is 0. The first-order valence-corrected chi connectivity index (χ1v) is 8.05. The lowest BCUT2D eigenvalue weighted by Crippen LogP contribution is -2.31. The standard InChI is InChI=1S/C13H15F3N4O2S/c14-13(15,16)9-20-8-11(6-18-20)23(21,22)19-7-12(17)10-4-2-1-3-5-10/h1-6,8,12,19H,7,9,17H2. The minimum absolute atomic E-state index is 0.0865. The van der Waals surface area contributed by atoms with Crippen molar-refractivity contribution in [1.29, 1.82) is 0 Å². The van der Waals surface area contributed by atoms with Gasteiger partial charge in [-0.1, -0.05) is 30.3 Å². The number of nitrogens with two attached hydrogens (primary N) is 1. The van der Waals surface area contributed by atoms with Crippen LogP contribution in [0.4, 0.5) is 13.2 Å². The van der Waals surface area contributed by atoms with Crippen molar-refractivity contribution in [2.24, 2.45) is 5.73 Å². The number of rotatable bonds is 6. The second-order valence-electron chi connectivity index (χ2n) is 4.86. The SMILES string of the molecule is NC(CNS(=O)(=O)c1cnn(CC(F)(F)F)c1)c1ccccc1. The highest BCUT2D eigenvalue weighted by Crippen LogP contribution is 2.18. The van der Waals surface area contributed by atoms with Gasteiger partial charge in [0.1, 0.15) is 11.4 Å². The molecule has 23 heavy (non-hydrogen) atoms. The van der Waals surface area contributed by atoms with Crippen LogP contribution in [0.3, 0.4) is 0 Å². The molecule has 1 aromatic heterocycles. The highest BCUT2D eigenvalue weighted by Gasteiger charge is 2.29. The van der Waals surface area contributed by atoms with Gasteiger partial charge in [0.15, 0.2) is 0 Å². The predicted octanol–water partition coefficient (Wildman–Crippen LogP) is 1.42. The monoisotopic (exact) mass is 348 g/mol. The minimum atomic E-state index is -4.48. The van der Waals surface area contributed by atoms with Crippen molar-refractivity contribution in [3.63, 3.8) is 0 Å². The Balaban J connectivity index is 2.02. The lowest BCUT2D eigenvalue weighted by Gasteiger charge is -2.12. The molecule has 0 aliphatic heterocycles.